The number of benzene rings is 2. The quantitative estimate of drug-likeness (QED) is 0.615. The molecule has 0 amide bonds. The summed E-state index contributed by atoms with van der Waals surface area (Å²) in [4.78, 5) is 18.6. The predicted molar refractivity (Wildman–Crippen MR) is 112 cm³/mol. The van der Waals surface area contributed by atoms with Crippen LogP contribution in [0.15, 0.2) is 53.1 Å². The topological polar surface area (TPSA) is 74.7 Å². The fourth-order valence-electron chi connectivity index (χ4n) is 3.39. The molecule has 2 N–H and O–H groups in total. The van der Waals surface area contributed by atoms with Gasteiger partial charge in [0, 0.05) is 41.3 Å². The van der Waals surface area contributed by atoms with Crippen LogP contribution in [0, 0.1) is 0 Å². The van der Waals surface area contributed by atoms with E-state index < -0.39 is 5.97 Å². The number of pyridine rings is 1. The zero-order valence-electron chi connectivity index (χ0n) is 15.2. The van der Waals surface area contributed by atoms with Crippen LogP contribution in [0.25, 0.3) is 10.9 Å². The van der Waals surface area contributed by atoms with Gasteiger partial charge in [0.25, 0.3) is 0 Å². The van der Waals surface area contributed by atoms with Gasteiger partial charge in [0.1, 0.15) is 0 Å². The van der Waals surface area contributed by atoms with Crippen LogP contribution in [0.2, 0.25) is 0 Å². The van der Waals surface area contributed by atoms with Gasteiger partial charge in [-0.25, -0.2) is 4.79 Å². The summed E-state index contributed by atoms with van der Waals surface area (Å²) in [6, 6.07) is 12.9. The number of carboxylic acids is 1. The zero-order valence-corrected chi connectivity index (χ0v) is 16.8. The molecule has 0 radical (unpaired) electrons. The average Bonchev–Trinajstić information content (AvgIpc) is 2.71. The summed E-state index contributed by atoms with van der Waals surface area (Å²) in [5.74, 6) is -0.961. The lowest BCUT2D eigenvalue weighted by Crippen LogP contribution is -2.35. The molecule has 1 saturated heterocycles. The van der Waals surface area contributed by atoms with Gasteiger partial charge in [-0.05, 0) is 30.3 Å². The number of nitrogens with one attached hydrogen (secondary N) is 1. The summed E-state index contributed by atoms with van der Waals surface area (Å²) in [6.07, 6.45) is 1.87. The number of fused-ring (bicyclic) bond motifs is 1. The second-order valence-electron chi connectivity index (χ2n) is 6.68. The Morgan fingerprint density at radius 1 is 1.21 bits per heavy atom. The maximum absolute atomic E-state index is 11.6. The lowest BCUT2D eigenvalue weighted by Gasteiger charge is -2.27. The van der Waals surface area contributed by atoms with Crippen molar-refractivity contribution < 1.29 is 14.6 Å². The van der Waals surface area contributed by atoms with Crippen molar-refractivity contribution in [3.05, 3.63) is 64.3 Å². The second-order valence-corrected chi connectivity index (χ2v) is 7.60. The Morgan fingerprint density at radius 2 is 2.00 bits per heavy atom. The van der Waals surface area contributed by atoms with E-state index in [2.05, 4.69) is 31.1 Å². The van der Waals surface area contributed by atoms with Gasteiger partial charge in [-0.2, -0.15) is 0 Å². The average molecular weight is 442 g/mol. The Hall–Kier alpha value is -2.48. The Bertz CT molecular complexity index is 1020. The van der Waals surface area contributed by atoms with Crippen LogP contribution >= 0.6 is 15.9 Å². The Kier molecular flexibility index (Phi) is 5.57. The number of hydrogen-bond acceptors (Lipinski definition) is 5. The van der Waals surface area contributed by atoms with Crippen LogP contribution in [0.3, 0.4) is 0 Å². The molecule has 0 saturated carbocycles. The molecule has 0 aliphatic carbocycles. The van der Waals surface area contributed by atoms with Crippen LogP contribution < -0.4 is 5.32 Å². The number of nitrogens with zero attached hydrogens (tertiary/aromatic N) is 2. The first kappa shape index (κ1) is 18.9. The van der Waals surface area contributed by atoms with Crippen LogP contribution in [-0.4, -0.2) is 47.3 Å². The van der Waals surface area contributed by atoms with Gasteiger partial charge in [0.15, 0.2) is 0 Å². The first-order chi connectivity index (χ1) is 13.6. The minimum absolute atomic E-state index is 0.236. The maximum Gasteiger partial charge on any atom is 0.337 e. The molecular weight excluding hydrogens is 422 g/mol. The van der Waals surface area contributed by atoms with Gasteiger partial charge in [0.05, 0.1) is 35.7 Å². The molecule has 4 rings (SSSR count). The second kappa shape index (κ2) is 8.26. The van der Waals surface area contributed by atoms with Crippen LogP contribution in [0.4, 0.5) is 11.4 Å². The summed E-state index contributed by atoms with van der Waals surface area (Å²) in [5.41, 5.74) is 3.55. The van der Waals surface area contributed by atoms with E-state index in [0.29, 0.717) is 5.69 Å². The largest absolute Gasteiger partial charge is 0.478 e. The number of halogens is 1. The first-order valence-electron chi connectivity index (χ1n) is 9.08. The third-order valence-corrected chi connectivity index (χ3v) is 5.32. The van der Waals surface area contributed by atoms with Gasteiger partial charge in [-0.3, -0.25) is 9.88 Å². The van der Waals surface area contributed by atoms with Crippen molar-refractivity contribution in [3.8, 4) is 0 Å². The van der Waals surface area contributed by atoms with E-state index in [4.69, 9.17) is 4.74 Å². The van der Waals surface area contributed by atoms with E-state index in [1.807, 2.05) is 30.5 Å². The molecule has 3 aromatic rings. The first-order valence-corrected chi connectivity index (χ1v) is 9.88. The number of carboxylic acid groups (broad SMARTS) is 1. The highest BCUT2D eigenvalue weighted by Crippen LogP contribution is 2.33. The van der Waals surface area contributed by atoms with Gasteiger partial charge in [-0.1, -0.05) is 28.1 Å². The Labute approximate surface area is 171 Å². The van der Waals surface area contributed by atoms with Gasteiger partial charge < -0.3 is 15.2 Å². The molecule has 28 heavy (non-hydrogen) atoms. The molecule has 0 atom stereocenters. The number of para-hydroxylation sites is 1. The van der Waals surface area contributed by atoms with Crippen LogP contribution in [-0.2, 0) is 11.3 Å². The third-order valence-electron chi connectivity index (χ3n) is 4.82. The smallest absolute Gasteiger partial charge is 0.337 e. The normalized spacial score (nSPS) is 14.9. The molecule has 1 aliphatic rings. The summed E-state index contributed by atoms with van der Waals surface area (Å²) in [5, 5.41) is 13.9. The minimum atomic E-state index is -0.961. The van der Waals surface area contributed by atoms with Crippen molar-refractivity contribution in [2.24, 2.45) is 0 Å². The number of morpholine rings is 1. The molecule has 7 heteroatoms. The number of aromatic carboxylic acids is 1. The molecule has 1 aliphatic heterocycles. The summed E-state index contributed by atoms with van der Waals surface area (Å²) in [6.45, 7) is 3.88. The molecule has 0 unspecified atom stereocenters. The molecule has 6 nitrogen and oxygen atoms in total. The number of aromatic nitrogens is 1. The number of carbonyl (C=O) groups is 1. The van der Waals surface area contributed by atoms with E-state index in [1.165, 1.54) is 0 Å². The van der Waals surface area contributed by atoms with E-state index >= 15 is 0 Å². The molecule has 144 valence electrons. The fourth-order valence-corrected chi connectivity index (χ4v) is 3.75. The van der Waals surface area contributed by atoms with Crippen molar-refractivity contribution >= 4 is 44.2 Å². The highest BCUT2D eigenvalue weighted by atomic mass is 79.9. The van der Waals surface area contributed by atoms with Crippen LogP contribution in [0.5, 0.6) is 0 Å². The van der Waals surface area contributed by atoms with Crippen molar-refractivity contribution in [3.63, 3.8) is 0 Å². The maximum atomic E-state index is 11.6. The highest BCUT2D eigenvalue weighted by molar-refractivity contribution is 9.10. The summed E-state index contributed by atoms with van der Waals surface area (Å²) in [7, 11) is 0. The number of anilines is 2. The van der Waals surface area contributed by atoms with E-state index in [1.54, 1.807) is 18.2 Å². The SMILES string of the molecule is O=C(O)c1ccccc1Nc1c(CN2CCOCC2)cnc2ccc(Br)cc12. The zero-order chi connectivity index (χ0) is 19.5. The molecule has 2 aromatic carbocycles. The Morgan fingerprint density at radius 3 is 2.79 bits per heavy atom. The Balaban J connectivity index is 1.80. The van der Waals surface area contributed by atoms with Crippen molar-refractivity contribution in [2.45, 2.75) is 6.54 Å². The number of hydrogen-bond donors (Lipinski definition) is 2. The predicted octanol–water partition coefficient (Wildman–Crippen LogP) is 4.27. The molecule has 1 aromatic heterocycles. The third kappa shape index (κ3) is 4.01. The summed E-state index contributed by atoms with van der Waals surface area (Å²) < 4.78 is 6.39. The molecule has 0 bridgehead atoms. The number of ether oxygens (including phenoxy) is 1. The van der Waals surface area contributed by atoms with Crippen molar-refractivity contribution in [1.82, 2.24) is 9.88 Å². The lowest BCUT2D eigenvalue weighted by atomic mass is 10.1. The summed E-state index contributed by atoms with van der Waals surface area (Å²) >= 11 is 3.54. The van der Waals surface area contributed by atoms with Gasteiger partial charge >= 0.3 is 5.97 Å². The number of rotatable bonds is 5. The molecule has 2 heterocycles. The monoisotopic (exact) mass is 441 g/mol. The van der Waals surface area contributed by atoms with Gasteiger partial charge in [0.2, 0.25) is 0 Å². The van der Waals surface area contributed by atoms with Crippen LogP contribution in [0.1, 0.15) is 15.9 Å². The molecule has 0 spiro atoms. The van der Waals surface area contributed by atoms with E-state index in [-0.39, 0.29) is 5.56 Å². The minimum Gasteiger partial charge on any atom is -0.478 e. The van der Waals surface area contributed by atoms with E-state index in [0.717, 1.165) is 59.5 Å². The van der Waals surface area contributed by atoms with E-state index in [9.17, 15) is 9.90 Å². The standard InChI is InChI=1S/C21H20BrN3O3/c22-15-5-6-18-17(11-15)20(24-19-4-2-1-3-16(19)21(26)27)14(12-23-18)13-25-7-9-28-10-8-25/h1-6,11-12H,7-10,13H2,(H,23,24)(H,26,27). The molecular formula is C21H20BrN3O3. The van der Waals surface area contributed by atoms with Gasteiger partial charge in [-0.15, -0.1) is 0 Å². The fraction of sp³-hybridized carbons (Fsp3) is 0.238. The highest BCUT2D eigenvalue weighted by Gasteiger charge is 2.17. The van der Waals surface area contributed by atoms with Crippen molar-refractivity contribution in [1.29, 1.82) is 0 Å². The molecule has 1 fully saturated rings. The van der Waals surface area contributed by atoms with Crippen molar-refractivity contribution in [2.75, 3.05) is 31.6 Å². The lowest BCUT2D eigenvalue weighted by molar-refractivity contribution is 0.0342.